The van der Waals surface area contributed by atoms with E-state index in [2.05, 4.69) is 63.7 Å². The molecule has 0 aromatic heterocycles. The van der Waals surface area contributed by atoms with Gasteiger partial charge < -0.3 is 0 Å². The molecule has 0 aliphatic rings. The number of allylic oxidation sites excluding steroid dienone is 4. The Morgan fingerprint density at radius 3 is 1.00 bits per heavy atom. The Balaban J connectivity index is 4.71. The van der Waals surface area contributed by atoms with Crippen LogP contribution in [0.5, 0.6) is 0 Å². The largest absolute Gasteiger partial charge is 0.0547 e. The summed E-state index contributed by atoms with van der Waals surface area (Å²) in [5, 5.41) is 0. The fraction of sp³-hybridized carbons (Fsp3) is 0.333. The molecule has 0 heterocycles. The number of rotatable bonds is 1. The summed E-state index contributed by atoms with van der Waals surface area (Å²) in [6, 6.07) is 0. The zero-order valence-electron chi connectivity index (χ0n) is 5.51. The van der Waals surface area contributed by atoms with E-state index in [1.54, 1.807) is 0 Å². The predicted octanol–water partition coefficient (Wildman–Crippen LogP) is 5.03. The van der Waals surface area contributed by atoms with E-state index in [9.17, 15) is 0 Å². The first-order valence-electron chi connectivity index (χ1n) is 2.51. The molecule has 4 heteroatoms. The van der Waals surface area contributed by atoms with E-state index < -0.39 is 0 Å². The molecule has 0 rings (SSSR count). The Bertz CT molecular complexity index is 160. The highest BCUT2D eigenvalue weighted by Gasteiger charge is 2.02. The molecule has 0 nitrogen and oxygen atoms in total. The van der Waals surface area contributed by atoms with E-state index >= 15 is 0 Å². The van der Waals surface area contributed by atoms with E-state index in [0.717, 1.165) is 17.9 Å². The van der Waals surface area contributed by atoms with Crippen LogP contribution < -0.4 is 0 Å². The summed E-state index contributed by atoms with van der Waals surface area (Å²) >= 11 is 13.5. The van der Waals surface area contributed by atoms with Crippen molar-refractivity contribution in [2.24, 2.45) is 0 Å². The molecule has 0 fully saturated rings. The molecule has 0 radical (unpaired) electrons. The molecule has 0 bridgehead atoms. The molecule has 0 spiro atoms. The SMILES string of the molecule is CC(Br)=C(Br)C(Br)=C(C)Br. The van der Waals surface area contributed by atoms with Crippen molar-refractivity contribution in [3.8, 4) is 0 Å². The second-order valence-electron chi connectivity index (χ2n) is 1.69. The first-order valence-corrected chi connectivity index (χ1v) is 5.68. The highest BCUT2D eigenvalue weighted by molar-refractivity contribution is 9.17. The molecule has 0 aromatic rings. The van der Waals surface area contributed by atoms with Gasteiger partial charge in [0.2, 0.25) is 0 Å². The molecule has 58 valence electrons. The van der Waals surface area contributed by atoms with Crippen LogP contribution >= 0.6 is 63.7 Å². The zero-order valence-corrected chi connectivity index (χ0v) is 11.9. The molecule has 0 saturated carbocycles. The quantitative estimate of drug-likeness (QED) is 0.544. The molecule has 0 saturated heterocycles. The number of hydrogen-bond acceptors (Lipinski definition) is 0. The van der Waals surface area contributed by atoms with Crippen LogP contribution in [0.4, 0.5) is 0 Å². The van der Waals surface area contributed by atoms with Crippen molar-refractivity contribution in [2.45, 2.75) is 13.8 Å². The van der Waals surface area contributed by atoms with Gasteiger partial charge in [-0.2, -0.15) is 0 Å². The molecule has 0 aromatic carbocycles. The summed E-state index contributed by atoms with van der Waals surface area (Å²) in [4.78, 5) is 0. The van der Waals surface area contributed by atoms with Crippen molar-refractivity contribution >= 4 is 63.7 Å². The van der Waals surface area contributed by atoms with Crippen LogP contribution in [-0.4, -0.2) is 0 Å². The van der Waals surface area contributed by atoms with Gasteiger partial charge in [0.25, 0.3) is 0 Å². The predicted molar refractivity (Wildman–Crippen MR) is 61.1 cm³/mol. The van der Waals surface area contributed by atoms with Crippen LogP contribution in [-0.2, 0) is 0 Å². The molecular formula is C6H6Br4. The van der Waals surface area contributed by atoms with E-state index in [0.29, 0.717) is 0 Å². The van der Waals surface area contributed by atoms with Gasteiger partial charge in [-0.05, 0) is 45.7 Å². The first-order chi connectivity index (χ1) is 4.46. The van der Waals surface area contributed by atoms with Gasteiger partial charge in [-0.3, -0.25) is 0 Å². The molecule has 0 aliphatic heterocycles. The van der Waals surface area contributed by atoms with Crippen LogP contribution in [0, 0.1) is 0 Å². The highest BCUT2D eigenvalue weighted by Crippen LogP contribution is 2.33. The zero-order chi connectivity index (χ0) is 8.31. The Labute approximate surface area is 94.7 Å². The molecular weight excluding hydrogens is 392 g/mol. The first kappa shape index (κ1) is 11.4. The van der Waals surface area contributed by atoms with Gasteiger partial charge in [0, 0.05) is 17.9 Å². The average molecular weight is 398 g/mol. The van der Waals surface area contributed by atoms with Crippen LogP contribution in [0.15, 0.2) is 17.9 Å². The van der Waals surface area contributed by atoms with Gasteiger partial charge in [0.05, 0.1) is 0 Å². The summed E-state index contributed by atoms with van der Waals surface area (Å²) in [5.41, 5.74) is 0. The third-order valence-electron chi connectivity index (χ3n) is 0.798. The molecule has 0 amide bonds. The minimum absolute atomic E-state index is 1.03. The van der Waals surface area contributed by atoms with Gasteiger partial charge in [0.1, 0.15) is 0 Å². The Hall–Kier alpha value is 1.40. The van der Waals surface area contributed by atoms with E-state index in [1.165, 1.54) is 0 Å². The molecule has 0 unspecified atom stereocenters. The van der Waals surface area contributed by atoms with Crippen molar-refractivity contribution in [3.63, 3.8) is 0 Å². The maximum absolute atomic E-state index is 3.41. The van der Waals surface area contributed by atoms with E-state index in [-0.39, 0.29) is 0 Å². The summed E-state index contributed by atoms with van der Waals surface area (Å²) in [6.07, 6.45) is 0. The minimum Gasteiger partial charge on any atom is -0.0547 e. The van der Waals surface area contributed by atoms with Crippen molar-refractivity contribution in [3.05, 3.63) is 17.9 Å². The smallest absolute Gasteiger partial charge is 0.0423 e. The summed E-state index contributed by atoms with van der Waals surface area (Å²) in [5.74, 6) is 0. The van der Waals surface area contributed by atoms with Gasteiger partial charge >= 0.3 is 0 Å². The van der Waals surface area contributed by atoms with Crippen LogP contribution in [0.3, 0.4) is 0 Å². The Morgan fingerprint density at radius 2 is 0.900 bits per heavy atom. The van der Waals surface area contributed by atoms with Crippen molar-refractivity contribution < 1.29 is 0 Å². The van der Waals surface area contributed by atoms with Crippen LogP contribution in [0.25, 0.3) is 0 Å². The topological polar surface area (TPSA) is 0 Å². The van der Waals surface area contributed by atoms with E-state index in [1.807, 2.05) is 13.8 Å². The minimum atomic E-state index is 1.03. The standard InChI is InChI=1S/C6H6Br4/c1-3(7)5(9)6(10)4(2)8/h1-2H3. The van der Waals surface area contributed by atoms with E-state index in [4.69, 9.17) is 0 Å². The molecule has 0 atom stereocenters. The fourth-order valence-electron chi connectivity index (χ4n) is 0.302. The van der Waals surface area contributed by atoms with Gasteiger partial charge in [-0.25, -0.2) is 0 Å². The van der Waals surface area contributed by atoms with Crippen molar-refractivity contribution in [1.82, 2.24) is 0 Å². The molecule has 0 aliphatic carbocycles. The molecule has 10 heavy (non-hydrogen) atoms. The number of hydrogen-bond donors (Lipinski definition) is 0. The summed E-state index contributed by atoms with van der Waals surface area (Å²) in [7, 11) is 0. The monoisotopic (exact) mass is 394 g/mol. The van der Waals surface area contributed by atoms with Gasteiger partial charge in [-0.1, -0.05) is 31.9 Å². The lowest BCUT2D eigenvalue weighted by atomic mass is 10.4. The van der Waals surface area contributed by atoms with Gasteiger partial charge in [0.15, 0.2) is 0 Å². The fourth-order valence-corrected chi connectivity index (χ4v) is 1.83. The Kier molecular flexibility index (Phi) is 5.83. The second-order valence-corrected chi connectivity index (χ2v) is 5.66. The van der Waals surface area contributed by atoms with Crippen LogP contribution in [0.2, 0.25) is 0 Å². The lowest BCUT2D eigenvalue weighted by Gasteiger charge is -1.99. The van der Waals surface area contributed by atoms with Gasteiger partial charge in [-0.15, -0.1) is 0 Å². The molecule has 0 N–H and O–H groups in total. The maximum atomic E-state index is 3.41. The summed E-state index contributed by atoms with van der Waals surface area (Å²) < 4.78 is 4.19. The maximum Gasteiger partial charge on any atom is 0.0423 e. The lowest BCUT2D eigenvalue weighted by Crippen LogP contribution is -1.74. The lowest BCUT2D eigenvalue weighted by molar-refractivity contribution is 1.61. The average Bonchev–Trinajstić information content (AvgIpc) is 1.84. The summed E-state index contributed by atoms with van der Waals surface area (Å²) in [6.45, 7) is 3.95. The third kappa shape index (κ3) is 3.69. The van der Waals surface area contributed by atoms with Crippen molar-refractivity contribution in [1.29, 1.82) is 0 Å². The highest BCUT2D eigenvalue weighted by atomic mass is 79.9. The number of halogens is 4. The van der Waals surface area contributed by atoms with Crippen molar-refractivity contribution in [2.75, 3.05) is 0 Å². The third-order valence-corrected chi connectivity index (χ3v) is 5.17. The van der Waals surface area contributed by atoms with Crippen LogP contribution in [0.1, 0.15) is 13.8 Å². The Morgan fingerprint density at radius 1 is 0.700 bits per heavy atom. The second kappa shape index (κ2) is 5.12. The normalized spacial score (nSPS) is 16.2.